The zero-order valence-corrected chi connectivity index (χ0v) is 10.5. The molecule has 2 rings (SSSR count). The van der Waals surface area contributed by atoms with Crippen LogP contribution in [0.1, 0.15) is 25.3 Å². The van der Waals surface area contributed by atoms with Crippen LogP contribution in [-0.4, -0.2) is 16.2 Å². The highest BCUT2D eigenvalue weighted by atomic mass is 32.1. The number of aromatic nitrogens is 1. The van der Waals surface area contributed by atoms with Crippen LogP contribution in [0.15, 0.2) is 24.3 Å². The number of fused-ring (bicyclic) bond motifs is 1. The minimum Gasteiger partial charge on any atom is -0.393 e. The van der Waals surface area contributed by atoms with Gasteiger partial charge in [-0.3, -0.25) is 0 Å². The van der Waals surface area contributed by atoms with Crippen molar-refractivity contribution in [2.45, 2.75) is 32.8 Å². The molecular formula is C13H17NOS. The summed E-state index contributed by atoms with van der Waals surface area (Å²) in [6.45, 7) is 4.09. The zero-order valence-electron chi connectivity index (χ0n) is 9.68. The van der Waals surface area contributed by atoms with E-state index in [1.165, 1.54) is 4.70 Å². The largest absolute Gasteiger partial charge is 0.393 e. The van der Waals surface area contributed by atoms with Gasteiger partial charge >= 0.3 is 0 Å². The van der Waals surface area contributed by atoms with E-state index in [2.05, 4.69) is 11.1 Å². The first-order valence-corrected chi connectivity index (χ1v) is 6.51. The van der Waals surface area contributed by atoms with Gasteiger partial charge in [-0.2, -0.15) is 0 Å². The van der Waals surface area contributed by atoms with E-state index in [1.807, 2.05) is 32.0 Å². The number of thiazole rings is 1. The SMILES string of the molecule is CC(C)C(O)CCc1nc2ccccc2s1. The molecule has 2 nitrogen and oxygen atoms in total. The van der Waals surface area contributed by atoms with Gasteiger partial charge in [-0.25, -0.2) is 4.98 Å². The number of aliphatic hydroxyl groups is 1. The fourth-order valence-corrected chi connectivity index (χ4v) is 2.61. The van der Waals surface area contributed by atoms with E-state index in [0.29, 0.717) is 5.92 Å². The monoisotopic (exact) mass is 235 g/mol. The summed E-state index contributed by atoms with van der Waals surface area (Å²) >= 11 is 1.73. The van der Waals surface area contributed by atoms with Gasteiger partial charge in [-0.05, 0) is 24.5 Å². The number of hydrogen-bond acceptors (Lipinski definition) is 3. The van der Waals surface area contributed by atoms with Crippen molar-refractivity contribution >= 4 is 21.6 Å². The molecule has 0 radical (unpaired) electrons. The molecule has 1 N–H and O–H groups in total. The first-order chi connectivity index (χ1) is 7.66. The van der Waals surface area contributed by atoms with E-state index in [-0.39, 0.29) is 6.10 Å². The Balaban J connectivity index is 2.05. The molecule has 0 aliphatic rings. The number of aryl methyl sites for hydroxylation is 1. The van der Waals surface area contributed by atoms with Crippen molar-refractivity contribution in [2.75, 3.05) is 0 Å². The van der Waals surface area contributed by atoms with Gasteiger partial charge < -0.3 is 5.11 Å². The minimum absolute atomic E-state index is 0.216. The number of aliphatic hydroxyl groups excluding tert-OH is 1. The van der Waals surface area contributed by atoms with E-state index < -0.39 is 0 Å². The molecule has 2 aromatic rings. The quantitative estimate of drug-likeness (QED) is 0.882. The lowest BCUT2D eigenvalue weighted by Gasteiger charge is -2.12. The maximum atomic E-state index is 9.74. The molecule has 1 atom stereocenters. The van der Waals surface area contributed by atoms with Gasteiger partial charge in [0.25, 0.3) is 0 Å². The third kappa shape index (κ3) is 2.60. The second-order valence-electron chi connectivity index (χ2n) is 4.43. The Morgan fingerprint density at radius 2 is 2.06 bits per heavy atom. The van der Waals surface area contributed by atoms with Crippen LogP contribution in [0.3, 0.4) is 0 Å². The van der Waals surface area contributed by atoms with E-state index >= 15 is 0 Å². The maximum Gasteiger partial charge on any atom is 0.0939 e. The van der Waals surface area contributed by atoms with Crippen molar-refractivity contribution in [1.29, 1.82) is 0 Å². The molecule has 0 amide bonds. The smallest absolute Gasteiger partial charge is 0.0939 e. The molecule has 0 fully saturated rings. The molecule has 1 aromatic carbocycles. The van der Waals surface area contributed by atoms with Crippen LogP contribution in [0.5, 0.6) is 0 Å². The summed E-state index contributed by atoms with van der Waals surface area (Å²) < 4.78 is 1.23. The average molecular weight is 235 g/mol. The van der Waals surface area contributed by atoms with Crippen molar-refractivity contribution in [3.05, 3.63) is 29.3 Å². The summed E-state index contributed by atoms with van der Waals surface area (Å²) in [5, 5.41) is 10.9. The summed E-state index contributed by atoms with van der Waals surface area (Å²) in [5.41, 5.74) is 1.07. The van der Waals surface area contributed by atoms with Crippen molar-refractivity contribution in [3.63, 3.8) is 0 Å². The number of benzene rings is 1. The average Bonchev–Trinajstić information content (AvgIpc) is 2.68. The predicted octanol–water partition coefficient (Wildman–Crippen LogP) is 3.25. The Hall–Kier alpha value is -0.930. The van der Waals surface area contributed by atoms with Crippen LogP contribution in [0.2, 0.25) is 0 Å². The Morgan fingerprint density at radius 1 is 1.31 bits per heavy atom. The summed E-state index contributed by atoms with van der Waals surface area (Å²) in [4.78, 5) is 4.55. The second kappa shape index (κ2) is 4.93. The highest BCUT2D eigenvalue weighted by Crippen LogP contribution is 2.23. The molecule has 0 spiro atoms. The lowest BCUT2D eigenvalue weighted by Crippen LogP contribution is -2.15. The molecule has 86 valence electrons. The molecule has 0 saturated carbocycles. The summed E-state index contributed by atoms with van der Waals surface area (Å²) in [7, 11) is 0. The van der Waals surface area contributed by atoms with E-state index in [9.17, 15) is 5.11 Å². The molecule has 0 saturated heterocycles. The van der Waals surface area contributed by atoms with Crippen LogP contribution in [-0.2, 0) is 6.42 Å². The van der Waals surface area contributed by atoms with Crippen molar-refractivity contribution in [3.8, 4) is 0 Å². The third-order valence-corrected chi connectivity index (χ3v) is 3.86. The first kappa shape index (κ1) is 11.6. The molecule has 1 unspecified atom stereocenters. The van der Waals surface area contributed by atoms with Gasteiger partial charge in [-0.15, -0.1) is 11.3 Å². The van der Waals surface area contributed by atoms with Gasteiger partial charge in [0, 0.05) is 6.42 Å². The lowest BCUT2D eigenvalue weighted by atomic mass is 10.0. The van der Waals surface area contributed by atoms with Gasteiger partial charge in [0.15, 0.2) is 0 Å². The number of hydrogen-bond donors (Lipinski definition) is 1. The molecule has 1 heterocycles. The molecule has 3 heteroatoms. The molecular weight excluding hydrogens is 218 g/mol. The third-order valence-electron chi connectivity index (χ3n) is 2.76. The lowest BCUT2D eigenvalue weighted by molar-refractivity contribution is 0.116. The van der Waals surface area contributed by atoms with E-state index in [1.54, 1.807) is 11.3 Å². The van der Waals surface area contributed by atoms with Gasteiger partial charge in [0.05, 0.1) is 21.3 Å². The Morgan fingerprint density at radius 3 is 2.75 bits per heavy atom. The fraction of sp³-hybridized carbons (Fsp3) is 0.462. The highest BCUT2D eigenvalue weighted by molar-refractivity contribution is 7.18. The Bertz CT molecular complexity index is 431. The highest BCUT2D eigenvalue weighted by Gasteiger charge is 2.10. The number of nitrogens with zero attached hydrogens (tertiary/aromatic N) is 1. The zero-order chi connectivity index (χ0) is 11.5. The van der Waals surface area contributed by atoms with Crippen LogP contribution in [0, 0.1) is 5.92 Å². The minimum atomic E-state index is -0.216. The van der Waals surface area contributed by atoms with Crippen LogP contribution < -0.4 is 0 Å². The standard InChI is InChI=1S/C13H17NOS/c1-9(2)11(15)7-8-13-14-10-5-3-4-6-12(10)16-13/h3-6,9,11,15H,7-8H2,1-2H3. The number of rotatable bonds is 4. The molecule has 1 aromatic heterocycles. The van der Waals surface area contributed by atoms with E-state index in [0.717, 1.165) is 23.4 Å². The molecule has 0 aliphatic carbocycles. The number of para-hydroxylation sites is 1. The summed E-state index contributed by atoms with van der Waals surface area (Å²) in [6.07, 6.45) is 1.46. The van der Waals surface area contributed by atoms with E-state index in [4.69, 9.17) is 0 Å². The summed E-state index contributed by atoms with van der Waals surface area (Å²) in [5.74, 6) is 0.328. The summed E-state index contributed by atoms with van der Waals surface area (Å²) in [6, 6.07) is 8.17. The van der Waals surface area contributed by atoms with Crippen LogP contribution >= 0.6 is 11.3 Å². The molecule has 0 bridgehead atoms. The van der Waals surface area contributed by atoms with Crippen molar-refractivity contribution < 1.29 is 5.11 Å². The maximum absolute atomic E-state index is 9.74. The Kier molecular flexibility index (Phi) is 3.56. The Labute approximate surface area is 100.0 Å². The van der Waals surface area contributed by atoms with Gasteiger partial charge in [0.1, 0.15) is 0 Å². The van der Waals surface area contributed by atoms with Crippen molar-refractivity contribution in [2.24, 2.45) is 5.92 Å². The molecule has 0 aliphatic heterocycles. The fourth-order valence-electron chi connectivity index (χ4n) is 1.63. The first-order valence-electron chi connectivity index (χ1n) is 5.69. The van der Waals surface area contributed by atoms with Crippen LogP contribution in [0.4, 0.5) is 0 Å². The molecule has 16 heavy (non-hydrogen) atoms. The predicted molar refractivity (Wildman–Crippen MR) is 68.8 cm³/mol. The van der Waals surface area contributed by atoms with Crippen molar-refractivity contribution in [1.82, 2.24) is 4.98 Å². The van der Waals surface area contributed by atoms with Gasteiger partial charge in [0.2, 0.25) is 0 Å². The second-order valence-corrected chi connectivity index (χ2v) is 5.54. The normalized spacial score (nSPS) is 13.5. The topological polar surface area (TPSA) is 33.1 Å². The van der Waals surface area contributed by atoms with Gasteiger partial charge in [-0.1, -0.05) is 26.0 Å². The van der Waals surface area contributed by atoms with Crippen LogP contribution in [0.25, 0.3) is 10.2 Å².